The van der Waals surface area contributed by atoms with Gasteiger partial charge in [-0.1, -0.05) is 30.3 Å². The Morgan fingerprint density at radius 3 is 2.59 bits per heavy atom. The summed E-state index contributed by atoms with van der Waals surface area (Å²) >= 11 is 0. The van der Waals surface area contributed by atoms with Crippen LogP contribution in [0.15, 0.2) is 30.3 Å². The lowest BCUT2D eigenvalue weighted by atomic mass is 9.89. The number of benzene rings is 1. The zero-order valence-corrected chi connectivity index (χ0v) is 11.3. The molecule has 1 aromatic carbocycles. The topological polar surface area (TPSA) is 6.48 Å². The van der Waals surface area contributed by atoms with Gasteiger partial charge in [-0.15, -0.1) is 0 Å². The van der Waals surface area contributed by atoms with E-state index in [1.165, 1.54) is 31.5 Å². The van der Waals surface area contributed by atoms with Crippen LogP contribution in [0.3, 0.4) is 0 Å². The summed E-state index contributed by atoms with van der Waals surface area (Å²) in [6.07, 6.45) is 2.62. The zero-order valence-electron chi connectivity index (χ0n) is 11.3. The maximum atomic E-state index is 2.58. The summed E-state index contributed by atoms with van der Waals surface area (Å²) in [4.78, 5) is 4.96. The molecule has 1 fully saturated rings. The molecule has 0 amide bonds. The van der Waals surface area contributed by atoms with E-state index in [1.807, 2.05) is 0 Å². The third kappa shape index (κ3) is 3.08. The Bertz CT molecular complexity index is 347. The van der Waals surface area contributed by atoms with Gasteiger partial charge in [0.2, 0.25) is 0 Å². The SMILES string of the molecule is CN(C)[C@@]1(C)CCCN(Cc2ccccc2)C1. The molecule has 0 unspecified atom stereocenters. The molecule has 2 rings (SSSR count). The van der Waals surface area contributed by atoms with E-state index >= 15 is 0 Å². The molecule has 2 heteroatoms. The highest BCUT2D eigenvalue weighted by atomic mass is 15.2. The van der Waals surface area contributed by atoms with Crippen molar-refractivity contribution in [2.24, 2.45) is 0 Å². The van der Waals surface area contributed by atoms with Crippen LogP contribution in [0.1, 0.15) is 25.3 Å². The fourth-order valence-electron chi connectivity index (χ4n) is 2.66. The van der Waals surface area contributed by atoms with Crippen LogP contribution in [0, 0.1) is 0 Å². The van der Waals surface area contributed by atoms with Gasteiger partial charge in [0.1, 0.15) is 0 Å². The minimum atomic E-state index is 0.340. The molecule has 0 saturated carbocycles. The molecule has 0 N–H and O–H groups in total. The van der Waals surface area contributed by atoms with Crippen LogP contribution in [-0.4, -0.2) is 42.5 Å². The predicted molar refractivity (Wildman–Crippen MR) is 73.0 cm³/mol. The second-order valence-corrected chi connectivity index (χ2v) is 5.69. The Labute approximate surface area is 105 Å². The van der Waals surface area contributed by atoms with E-state index in [2.05, 4.69) is 61.2 Å². The summed E-state index contributed by atoms with van der Waals surface area (Å²) in [5, 5.41) is 0. The second kappa shape index (κ2) is 5.19. The average molecular weight is 232 g/mol. The Hall–Kier alpha value is -0.860. The van der Waals surface area contributed by atoms with Crippen LogP contribution in [-0.2, 0) is 6.54 Å². The maximum absolute atomic E-state index is 2.58. The first-order chi connectivity index (χ1) is 8.10. The van der Waals surface area contributed by atoms with Crippen LogP contribution in [0.2, 0.25) is 0 Å². The van der Waals surface area contributed by atoms with Crippen LogP contribution in [0.4, 0.5) is 0 Å². The van der Waals surface area contributed by atoms with Crippen molar-refractivity contribution in [2.45, 2.75) is 31.8 Å². The van der Waals surface area contributed by atoms with Gasteiger partial charge in [-0.3, -0.25) is 4.90 Å². The molecule has 1 aliphatic heterocycles. The van der Waals surface area contributed by atoms with Gasteiger partial charge in [0.15, 0.2) is 0 Å². The molecule has 17 heavy (non-hydrogen) atoms. The van der Waals surface area contributed by atoms with Crippen molar-refractivity contribution < 1.29 is 0 Å². The molecule has 1 heterocycles. The molecule has 0 spiro atoms. The van der Waals surface area contributed by atoms with Gasteiger partial charge in [-0.25, -0.2) is 0 Å². The van der Waals surface area contributed by atoms with E-state index in [-0.39, 0.29) is 0 Å². The van der Waals surface area contributed by atoms with Gasteiger partial charge in [0.25, 0.3) is 0 Å². The van der Waals surface area contributed by atoms with Crippen LogP contribution >= 0.6 is 0 Å². The standard InChI is InChI=1S/C15H24N2/c1-15(16(2)3)10-7-11-17(13-15)12-14-8-5-4-6-9-14/h4-6,8-9H,7,10-13H2,1-3H3/t15-/m0/s1. The summed E-state index contributed by atoms with van der Waals surface area (Å²) in [5.74, 6) is 0. The maximum Gasteiger partial charge on any atom is 0.0302 e. The fraction of sp³-hybridized carbons (Fsp3) is 0.600. The Morgan fingerprint density at radius 1 is 1.24 bits per heavy atom. The molecular weight excluding hydrogens is 208 g/mol. The first-order valence-corrected chi connectivity index (χ1v) is 6.54. The van der Waals surface area contributed by atoms with Crippen LogP contribution < -0.4 is 0 Å². The quantitative estimate of drug-likeness (QED) is 0.790. The molecular formula is C15H24N2. The fourth-order valence-corrected chi connectivity index (χ4v) is 2.66. The average Bonchev–Trinajstić information content (AvgIpc) is 2.30. The lowest BCUT2D eigenvalue weighted by Gasteiger charge is -2.44. The molecule has 0 radical (unpaired) electrons. The number of nitrogens with zero attached hydrogens (tertiary/aromatic N) is 2. The van der Waals surface area contributed by atoms with Gasteiger partial charge in [0, 0.05) is 18.6 Å². The van der Waals surface area contributed by atoms with E-state index in [1.54, 1.807) is 0 Å². The summed E-state index contributed by atoms with van der Waals surface area (Å²) in [5.41, 5.74) is 1.77. The number of likely N-dealkylation sites (tertiary alicyclic amines) is 1. The van der Waals surface area contributed by atoms with Crippen molar-refractivity contribution >= 4 is 0 Å². The van der Waals surface area contributed by atoms with Gasteiger partial charge >= 0.3 is 0 Å². The number of hydrogen-bond donors (Lipinski definition) is 0. The highest BCUT2D eigenvalue weighted by Crippen LogP contribution is 2.26. The zero-order chi connectivity index (χ0) is 12.3. The number of likely N-dealkylation sites (N-methyl/N-ethyl adjacent to an activating group) is 1. The Balaban J connectivity index is 1.99. The number of rotatable bonds is 3. The third-order valence-corrected chi connectivity index (χ3v) is 4.08. The Kier molecular flexibility index (Phi) is 3.85. The molecule has 1 aliphatic rings. The smallest absolute Gasteiger partial charge is 0.0302 e. The number of piperidine rings is 1. The van der Waals surface area contributed by atoms with Crippen molar-refractivity contribution in [3.05, 3.63) is 35.9 Å². The van der Waals surface area contributed by atoms with E-state index in [4.69, 9.17) is 0 Å². The van der Waals surface area contributed by atoms with Crippen molar-refractivity contribution in [2.75, 3.05) is 27.2 Å². The number of hydrogen-bond acceptors (Lipinski definition) is 2. The monoisotopic (exact) mass is 232 g/mol. The van der Waals surface area contributed by atoms with Crippen molar-refractivity contribution in [1.82, 2.24) is 9.80 Å². The molecule has 0 aliphatic carbocycles. The van der Waals surface area contributed by atoms with E-state index in [0.717, 1.165) is 6.54 Å². The normalized spacial score (nSPS) is 26.4. The van der Waals surface area contributed by atoms with Crippen LogP contribution in [0.5, 0.6) is 0 Å². The second-order valence-electron chi connectivity index (χ2n) is 5.69. The summed E-state index contributed by atoms with van der Waals surface area (Å²) < 4.78 is 0. The third-order valence-electron chi connectivity index (χ3n) is 4.08. The molecule has 2 nitrogen and oxygen atoms in total. The first kappa shape index (κ1) is 12.6. The molecule has 94 valence electrons. The lowest BCUT2D eigenvalue weighted by Crippen LogP contribution is -2.53. The summed E-state index contributed by atoms with van der Waals surface area (Å²) in [7, 11) is 4.40. The Morgan fingerprint density at radius 2 is 1.94 bits per heavy atom. The molecule has 0 aromatic heterocycles. The van der Waals surface area contributed by atoms with Crippen LogP contribution in [0.25, 0.3) is 0 Å². The molecule has 1 saturated heterocycles. The van der Waals surface area contributed by atoms with Gasteiger partial charge < -0.3 is 4.90 Å². The first-order valence-electron chi connectivity index (χ1n) is 6.54. The minimum absolute atomic E-state index is 0.340. The largest absolute Gasteiger partial charge is 0.303 e. The molecule has 0 bridgehead atoms. The van der Waals surface area contributed by atoms with E-state index in [9.17, 15) is 0 Å². The molecule has 1 atom stereocenters. The summed E-state index contributed by atoms with van der Waals surface area (Å²) in [6, 6.07) is 10.8. The van der Waals surface area contributed by atoms with Crippen molar-refractivity contribution in [3.63, 3.8) is 0 Å². The molecule has 1 aromatic rings. The van der Waals surface area contributed by atoms with E-state index in [0.29, 0.717) is 5.54 Å². The van der Waals surface area contributed by atoms with Crippen molar-refractivity contribution in [3.8, 4) is 0 Å². The highest BCUT2D eigenvalue weighted by molar-refractivity contribution is 5.14. The van der Waals surface area contributed by atoms with Crippen molar-refractivity contribution in [1.29, 1.82) is 0 Å². The van der Waals surface area contributed by atoms with Gasteiger partial charge in [-0.05, 0) is 46.0 Å². The van der Waals surface area contributed by atoms with Gasteiger partial charge in [-0.2, -0.15) is 0 Å². The highest BCUT2D eigenvalue weighted by Gasteiger charge is 2.32. The minimum Gasteiger partial charge on any atom is -0.303 e. The predicted octanol–water partition coefficient (Wildman–Crippen LogP) is 2.60. The summed E-state index contributed by atoms with van der Waals surface area (Å²) in [6.45, 7) is 5.88. The lowest BCUT2D eigenvalue weighted by molar-refractivity contribution is 0.0543. The van der Waals surface area contributed by atoms with Gasteiger partial charge in [0.05, 0.1) is 0 Å². The van der Waals surface area contributed by atoms with E-state index < -0.39 is 0 Å².